The van der Waals surface area contributed by atoms with E-state index in [0.29, 0.717) is 6.04 Å². The minimum Gasteiger partial charge on any atom is -0.485 e. The minimum atomic E-state index is 0.0859. The van der Waals surface area contributed by atoms with Gasteiger partial charge in [0, 0.05) is 24.0 Å². The van der Waals surface area contributed by atoms with Gasteiger partial charge in [-0.15, -0.1) is 0 Å². The number of nitrogens with one attached hydrogen (secondary N) is 1. The van der Waals surface area contributed by atoms with E-state index in [1.807, 2.05) is 12.1 Å². The number of halogens is 3. The van der Waals surface area contributed by atoms with Crippen LogP contribution in [0.15, 0.2) is 25.6 Å². The van der Waals surface area contributed by atoms with E-state index in [-0.39, 0.29) is 12.2 Å². The predicted molar refractivity (Wildman–Crippen MR) is 86.8 cm³/mol. The Morgan fingerprint density at radius 3 is 2.42 bits per heavy atom. The predicted octanol–water partition coefficient (Wildman–Crippen LogP) is 4.12. The van der Waals surface area contributed by atoms with E-state index in [2.05, 4.69) is 60.0 Å². The van der Waals surface area contributed by atoms with E-state index >= 15 is 0 Å². The lowest BCUT2D eigenvalue weighted by molar-refractivity contribution is -0.0888. The number of hydrogen-bond acceptors (Lipinski definition) is 3. The van der Waals surface area contributed by atoms with Crippen LogP contribution in [-0.2, 0) is 4.74 Å². The van der Waals surface area contributed by atoms with E-state index < -0.39 is 0 Å². The van der Waals surface area contributed by atoms with Crippen LogP contribution in [0.1, 0.15) is 13.3 Å². The van der Waals surface area contributed by atoms with Crippen molar-refractivity contribution in [2.45, 2.75) is 31.6 Å². The lowest BCUT2D eigenvalue weighted by Gasteiger charge is -2.43. The lowest BCUT2D eigenvalue weighted by Crippen LogP contribution is -2.60. The molecule has 0 bridgehead atoms. The molecule has 3 atom stereocenters. The van der Waals surface area contributed by atoms with Crippen molar-refractivity contribution in [3.63, 3.8) is 0 Å². The summed E-state index contributed by atoms with van der Waals surface area (Å²) < 4.78 is 14.4. The second-order valence-corrected chi connectivity index (χ2v) is 7.08. The first-order valence-corrected chi connectivity index (χ1v) is 8.52. The zero-order valence-corrected chi connectivity index (χ0v) is 15.5. The first-order chi connectivity index (χ1) is 9.06. The third-order valence-corrected chi connectivity index (χ3v) is 4.86. The molecule has 1 saturated carbocycles. The smallest absolute Gasteiger partial charge is 0.148 e. The summed E-state index contributed by atoms with van der Waals surface area (Å²) in [6.45, 7) is 3.05. The molecule has 6 heteroatoms. The average Bonchev–Trinajstić information content (AvgIpc) is 2.31. The molecule has 2 rings (SSSR count). The molecule has 1 aliphatic rings. The quantitative estimate of drug-likeness (QED) is 0.721. The second kappa shape index (κ2) is 6.89. The molecule has 0 radical (unpaired) electrons. The van der Waals surface area contributed by atoms with Crippen LogP contribution in [0.4, 0.5) is 0 Å². The Balaban J connectivity index is 2.07. The van der Waals surface area contributed by atoms with E-state index in [1.165, 1.54) is 0 Å². The Labute approximate surface area is 138 Å². The maximum absolute atomic E-state index is 6.07. The Morgan fingerprint density at radius 2 is 1.89 bits per heavy atom. The van der Waals surface area contributed by atoms with Crippen LogP contribution in [0.5, 0.6) is 5.75 Å². The molecule has 3 nitrogen and oxygen atoms in total. The van der Waals surface area contributed by atoms with Gasteiger partial charge in [-0.3, -0.25) is 0 Å². The summed E-state index contributed by atoms with van der Waals surface area (Å²) in [5, 5.41) is 3.40. The number of hydrogen-bond donors (Lipinski definition) is 1. The third kappa shape index (κ3) is 3.53. The highest BCUT2D eigenvalue weighted by Crippen LogP contribution is 2.39. The fourth-order valence-corrected chi connectivity index (χ4v) is 4.71. The highest BCUT2D eigenvalue weighted by atomic mass is 79.9. The van der Waals surface area contributed by atoms with Gasteiger partial charge in [0.25, 0.3) is 0 Å². The molecule has 0 aliphatic heterocycles. The number of rotatable bonds is 5. The van der Waals surface area contributed by atoms with Crippen molar-refractivity contribution in [1.29, 1.82) is 0 Å². The van der Waals surface area contributed by atoms with Gasteiger partial charge in [0.2, 0.25) is 0 Å². The summed E-state index contributed by atoms with van der Waals surface area (Å²) in [5.41, 5.74) is 0. The Bertz CT molecular complexity index is 433. The van der Waals surface area contributed by atoms with Crippen LogP contribution in [0.25, 0.3) is 0 Å². The van der Waals surface area contributed by atoms with Crippen molar-refractivity contribution in [3.8, 4) is 5.75 Å². The molecule has 1 aromatic rings. The lowest BCUT2D eigenvalue weighted by atomic mass is 9.85. The second-order valence-electron chi connectivity index (χ2n) is 4.46. The molecule has 1 aromatic carbocycles. The summed E-state index contributed by atoms with van der Waals surface area (Å²) in [6.07, 6.45) is 1.15. The minimum absolute atomic E-state index is 0.0859. The Kier molecular flexibility index (Phi) is 5.72. The fourth-order valence-electron chi connectivity index (χ4n) is 2.27. The number of methoxy groups -OCH3 is 1. The van der Waals surface area contributed by atoms with Crippen molar-refractivity contribution >= 4 is 47.8 Å². The van der Waals surface area contributed by atoms with Crippen molar-refractivity contribution in [2.24, 2.45) is 0 Å². The first kappa shape index (κ1) is 15.8. The molecule has 0 aromatic heterocycles. The molecule has 1 aliphatic carbocycles. The maximum Gasteiger partial charge on any atom is 0.148 e. The van der Waals surface area contributed by atoms with Crippen LogP contribution < -0.4 is 10.1 Å². The topological polar surface area (TPSA) is 30.5 Å². The van der Waals surface area contributed by atoms with Crippen molar-refractivity contribution in [3.05, 3.63) is 25.6 Å². The van der Waals surface area contributed by atoms with Crippen LogP contribution in [0.3, 0.4) is 0 Å². The summed E-state index contributed by atoms with van der Waals surface area (Å²) in [7, 11) is 1.73. The van der Waals surface area contributed by atoms with Gasteiger partial charge in [-0.1, -0.05) is 22.9 Å². The molecule has 1 fully saturated rings. The molecule has 1 N–H and O–H groups in total. The van der Waals surface area contributed by atoms with E-state index in [9.17, 15) is 0 Å². The van der Waals surface area contributed by atoms with Gasteiger partial charge in [0.05, 0.1) is 8.95 Å². The summed E-state index contributed by atoms with van der Waals surface area (Å²) in [5.74, 6) is 0.824. The van der Waals surface area contributed by atoms with E-state index in [0.717, 1.165) is 32.1 Å². The summed E-state index contributed by atoms with van der Waals surface area (Å²) in [6, 6.07) is 4.33. The maximum atomic E-state index is 6.07. The molecular weight excluding hydrogens is 442 g/mol. The monoisotopic (exact) mass is 455 g/mol. The van der Waals surface area contributed by atoms with Gasteiger partial charge in [0.15, 0.2) is 0 Å². The van der Waals surface area contributed by atoms with E-state index in [1.54, 1.807) is 7.11 Å². The molecule has 19 heavy (non-hydrogen) atoms. The van der Waals surface area contributed by atoms with Gasteiger partial charge >= 0.3 is 0 Å². The fraction of sp³-hybridized carbons (Fsp3) is 0.538. The van der Waals surface area contributed by atoms with Crippen molar-refractivity contribution in [2.75, 3.05) is 13.7 Å². The Hall–Kier alpha value is 0.380. The number of benzene rings is 1. The van der Waals surface area contributed by atoms with Gasteiger partial charge < -0.3 is 14.8 Å². The molecular formula is C13H16Br3NO2. The van der Waals surface area contributed by atoms with Crippen LogP contribution in [0, 0.1) is 0 Å². The van der Waals surface area contributed by atoms with Crippen LogP contribution in [-0.4, -0.2) is 31.9 Å². The van der Waals surface area contributed by atoms with Crippen molar-refractivity contribution < 1.29 is 9.47 Å². The zero-order valence-electron chi connectivity index (χ0n) is 10.8. The normalized spacial score (nSPS) is 26.1. The summed E-state index contributed by atoms with van der Waals surface area (Å²) in [4.78, 5) is 0. The van der Waals surface area contributed by atoms with Gasteiger partial charge in [-0.25, -0.2) is 0 Å². The van der Waals surface area contributed by atoms with Gasteiger partial charge in [-0.05, 0) is 50.5 Å². The standard InChI is InChI=1S/C13H16Br3NO2/c1-3-17-10-6-11(13(10)18-2)19-12-8(15)4-7(14)5-9(12)16/h4-5,10-11,13,17H,3,6H2,1-2H3. The highest BCUT2D eigenvalue weighted by Gasteiger charge is 2.43. The first-order valence-electron chi connectivity index (χ1n) is 6.14. The average molecular weight is 458 g/mol. The van der Waals surface area contributed by atoms with Gasteiger partial charge in [-0.2, -0.15) is 0 Å². The molecule has 0 amide bonds. The van der Waals surface area contributed by atoms with Crippen molar-refractivity contribution in [1.82, 2.24) is 5.32 Å². The zero-order chi connectivity index (χ0) is 14.0. The van der Waals surface area contributed by atoms with Crippen LogP contribution >= 0.6 is 47.8 Å². The molecule has 0 saturated heterocycles. The van der Waals surface area contributed by atoms with Crippen LogP contribution in [0.2, 0.25) is 0 Å². The Morgan fingerprint density at radius 1 is 1.26 bits per heavy atom. The van der Waals surface area contributed by atoms with E-state index in [4.69, 9.17) is 9.47 Å². The molecule has 106 valence electrons. The largest absolute Gasteiger partial charge is 0.485 e. The highest BCUT2D eigenvalue weighted by molar-refractivity contribution is 9.11. The number of likely N-dealkylation sites (N-methyl/N-ethyl adjacent to an activating group) is 1. The third-order valence-electron chi connectivity index (χ3n) is 3.22. The number of ether oxygens (including phenoxy) is 2. The molecule has 0 heterocycles. The van der Waals surface area contributed by atoms with Gasteiger partial charge in [0.1, 0.15) is 18.0 Å². The summed E-state index contributed by atoms with van der Waals surface area (Å²) >= 11 is 10.5. The molecule has 0 spiro atoms. The molecule has 3 unspecified atom stereocenters. The SMILES string of the molecule is CCNC1CC(Oc2c(Br)cc(Br)cc2Br)C1OC.